The van der Waals surface area contributed by atoms with Crippen molar-refractivity contribution in [3.8, 4) is 0 Å². The largest absolute Gasteiger partial charge is 0.417 e. The molecule has 0 aromatic carbocycles. The quantitative estimate of drug-likeness (QED) is 0.669. The van der Waals surface area contributed by atoms with Gasteiger partial charge in [0.25, 0.3) is 0 Å². The molecule has 0 aromatic rings. The topological polar surface area (TPSA) is 24.8 Å². The molecule has 1 unspecified atom stereocenters. The summed E-state index contributed by atoms with van der Waals surface area (Å²) in [7, 11) is -2.65. The molecule has 3 nitrogen and oxygen atoms in total. The number of hydrogen-bond donors (Lipinski definition) is 0. The van der Waals surface area contributed by atoms with Gasteiger partial charge in [-0.05, 0) is 25.6 Å². The average Bonchev–Trinajstić information content (AvgIpc) is 2.64. The number of hydrogen-bond acceptors (Lipinski definition) is 3. The van der Waals surface area contributed by atoms with E-state index in [1.807, 2.05) is 0 Å². The summed E-state index contributed by atoms with van der Waals surface area (Å²) in [6, 6.07) is 1.86. The van der Waals surface area contributed by atoms with Crippen LogP contribution < -0.4 is 0 Å². The Morgan fingerprint density at radius 2 is 1.94 bits per heavy atom. The van der Waals surface area contributed by atoms with Gasteiger partial charge in [-0.3, -0.25) is 4.99 Å². The van der Waals surface area contributed by atoms with Gasteiger partial charge in [0.05, 0.1) is 12.9 Å². The van der Waals surface area contributed by atoms with Crippen LogP contribution >= 0.6 is 0 Å². The third-order valence-electron chi connectivity index (χ3n) is 3.49. The van der Waals surface area contributed by atoms with Crippen LogP contribution in [0, 0.1) is 0 Å². The first-order valence-electron chi connectivity index (χ1n) is 7.18. The fourth-order valence-electron chi connectivity index (χ4n) is 2.54. The Balaban J connectivity index is 2.36. The van der Waals surface area contributed by atoms with Crippen molar-refractivity contribution in [2.24, 2.45) is 4.99 Å². The van der Waals surface area contributed by atoms with Gasteiger partial charge >= 0.3 is 0 Å². The van der Waals surface area contributed by atoms with Crippen LogP contribution in [0.3, 0.4) is 0 Å². The van der Waals surface area contributed by atoms with Crippen LogP contribution in [0.4, 0.5) is 0 Å². The summed E-state index contributed by atoms with van der Waals surface area (Å²) in [6.45, 7) is 15.9. The molecule has 106 valence electrons. The molecule has 0 amide bonds. The van der Waals surface area contributed by atoms with Crippen LogP contribution in [-0.2, 0) is 4.43 Å². The van der Waals surface area contributed by atoms with Gasteiger partial charge in [-0.25, -0.2) is 0 Å². The molecule has 1 atom stereocenters. The zero-order valence-corrected chi connectivity index (χ0v) is 15.0. The van der Waals surface area contributed by atoms with Gasteiger partial charge < -0.3 is 8.99 Å². The van der Waals surface area contributed by atoms with Crippen molar-refractivity contribution >= 4 is 22.9 Å². The molecular formula is C13H30N2OSi2. The monoisotopic (exact) mass is 286 g/mol. The molecule has 1 heterocycles. The molecular weight excluding hydrogens is 256 g/mol. The molecule has 0 fully saturated rings. The van der Waals surface area contributed by atoms with Gasteiger partial charge in [-0.2, -0.15) is 0 Å². The van der Waals surface area contributed by atoms with Crippen molar-refractivity contribution in [3.63, 3.8) is 0 Å². The highest BCUT2D eigenvalue weighted by Crippen LogP contribution is 2.20. The Labute approximate surface area is 115 Å². The highest BCUT2D eigenvalue weighted by atomic mass is 28.4. The van der Waals surface area contributed by atoms with Crippen molar-refractivity contribution < 1.29 is 4.43 Å². The lowest BCUT2D eigenvalue weighted by Gasteiger charge is -2.35. The Morgan fingerprint density at radius 1 is 1.28 bits per heavy atom. The van der Waals surface area contributed by atoms with Gasteiger partial charge in [0, 0.05) is 12.6 Å². The Hall–Kier alpha value is -0.136. The second kappa shape index (κ2) is 6.34. The molecule has 1 rings (SSSR count). The third-order valence-corrected chi connectivity index (χ3v) is 8.21. The second-order valence-corrected chi connectivity index (χ2v) is 16.0. The third kappa shape index (κ3) is 4.86. The summed E-state index contributed by atoms with van der Waals surface area (Å²) in [4.78, 5) is 4.46. The molecule has 0 saturated heterocycles. The average molecular weight is 287 g/mol. The van der Waals surface area contributed by atoms with E-state index in [-0.39, 0.29) is 0 Å². The first-order valence-corrected chi connectivity index (χ1v) is 13.7. The van der Waals surface area contributed by atoms with E-state index in [1.165, 1.54) is 12.5 Å². The Bertz CT molecular complexity index is 287. The van der Waals surface area contributed by atoms with Crippen LogP contribution in [0.1, 0.15) is 19.8 Å². The fraction of sp³-hybridized carbons (Fsp3) is 0.923. The van der Waals surface area contributed by atoms with E-state index >= 15 is 0 Å². The van der Waals surface area contributed by atoms with Crippen molar-refractivity contribution in [1.82, 2.24) is 4.57 Å². The van der Waals surface area contributed by atoms with Crippen molar-refractivity contribution in [3.05, 3.63) is 0 Å². The van der Waals surface area contributed by atoms with E-state index in [9.17, 15) is 0 Å². The molecule has 0 spiro atoms. The molecule has 0 N–H and O–H groups in total. The predicted molar refractivity (Wildman–Crippen MR) is 85.5 cm³/mol. The van der Waals surface area contributed by atoms with Gasteiger partial charge in [0.2, 0.25) is 0 Å². The van der Waals surface area contributed by atoms with E-state index in [2.05, 4.69) is 55.6 Å². The zero-order chi connectivity index (χ0) is 13.8. The van der Waals surface area contributed by atoms with Gasteiger partial charge in [0.15, 0.2) is 8.32 Å². The maximum absolute atomic E-state index is 6.16. The second-order valence-electron chi connectivity index (χ2n) is 6.86. The molecule has 1 aliphatic rings. The summed E-state index contributed by atoms with van der Waals surface area (Å²) in [5, 5.41) is 0. The van der Waals surface area contributed by atoms with E-state index in [4.69, 9.17) is 4.43 Å². The van der Waals surface area contributed by atoms with Gasteiger partial charge in [-0.1, -0.05) is 33.0 Å². The Kier molecular flexibility index (Phi) is 5.61. The molecule has 0 bridgehead atoms. The summed E-state index contributed by atoms with van der Waals surface area (Å²) in [6.07, 6.45) is 4.45. The molecule has 5 heteroatoms. The highest BCUT2D eigenvalue weighted by molar-refractivity contribution is 6.75. The summed E-state index contributed by atoms with van der Waals surface area (Å²) >= 11 is 0. The molecule has 0 aromatic heterocycles. The number of nitrogens with zero attached hydrogens (tertiary/aromatic N) is 2. The maximum atomic E-state index is 6.16. The number of aliphatic imine (C=N–C) groups is 1. The maximum Gasteiger partial charge on any atom is 0.186 e. The predicted octanol–water partition coefficient (Wildman–Crippen LogP) is 3.56. The molecule has 0 aliphatic carbocycles. The lowest BCUT2D eigenvalue weighted by Crippen LogP contribution is -2.50. The van der Waals surface area contributed by atoms with E-state index in [0.717, 1.165) is 19.6 Å². The summed E-state index contributed by atoms with van der Waals surface area (Å²) in [5.41, 5.74) is 0. The van der Waals surface area contributed by atoms with Gasteiger partial charge in [-0.15, -0.1) is 0 Å². The van der Waals surface area contributed by atoms with E-state index < -0.39 is 16.6 Å². The number of rotatable bonds is 7. The minimum Gasteiger partial charge on any atom is -0.417 e. The SMILES string of the molecule is CCC[Si](C)(C)OCCC1CN=CN1[Si](C)(C)C. The highest BCUT2D eigenvalue weighted by Gasteiger charge is 2.31. The molecule has 1 aliphatic heterocycles. The smallest absolute Gasteiger partial charge is 0.186 e. The van der Waals surface area contributed by atoms with Crippen LogP contribution in [0.5, 0.6) is 0 Å². The normalized spacial score (nSPS) is 20.8. The van der Waals surface area contributed by atoms with E-state index in [1.54, 1.807) is 0 Å². The van der Waals surface area contributed by atoms with Crippen LogP contribution in [0.25, 0.3) is 0 Å². The van der Waals surface area contributed by atoms with Gasteiger partial charge in [0.1, 0.15) is 8.24 Å². The molecule has 18 heavy (non-hydrogen) atoms. The van der Waals surface area contributed by atoms with Crippen molar-refractivity contribution in [2.45, 2.75) is 64.6 Å². The minimum absolute atomic E-state index is 0.586. The van der Waals surface area contributed by atoms with E-state index in [0.29, 0.717) is 6.04 Å². The van der Waals surface area contributed by atoms with Crippen molar-refractivity contribution in [1.29, 1.82) is 0 Å². The van der Waals surface area contributed by atoms with Crippen LogP contribution in [0.2, 0.25) is 38.8 Å². The molecule has 0 saturated carbocycles. The summed E-state index contributed by atoms with van der Waals surface area (Å²) < 4.78 is 8.68. The summed E-state index contributed by atoms with van der Waals surface area (Å²) in [5.74, 6) is 0. The standard InChI is InChI=1S/C13H30N2OSi2/c1-7-10-18(5,6)16-9-8-13-11-14-12-15(13)17(2,3)4/h12-13H,7-11H2,1-6H3. The Morgan fingerprint density at radius 3 is 2.50 bits per heavy atom. The fourth-order valence-corrected chi connectivity index (χ4v) is 6.29. The van der Waals surface area contributed by atoms with Crippen molar-refractivity contribution in [2.75, 3.05) is 13.2 Å². The van der Waals surface area contributed by atoms with Crippen LogP contribution in [0.15, 0.2) is 4.99 Å². The first kappa shape index (κ1) is 15.9. The van der Waals surface area contributed by atoms with Crippen LogP contribution in [-0.4, -0.2) is 46.7 Å². The lowest BCUT2D eigenvalue weighted by atomic mass is 10.2. The first-order chi connectivity index (χ1) is 8.26. The lowest BCUT2D eigenvalue weighted by molar-refractivity contribution is 0.270. The molecule has 0 radical (unpaired) electrons. The zero-order valence-electron chi connectivity index (χ0n) is 13.0. The minimum atomic E-state index is -1.39.